The minimum Gasteiger partial charge on any atom is -0.462 e. The van der Waals surface area contributed by atoms with Gasteiger partial charge in [0.05, 0.1) is 6.61 Å². The minimum absolute atomic E-state index is 0.0805. The van der Waals surface area contributed by atoms with Gasteiger partial charge in [0, 0.05) is 12.8 Å². The van der Waals surface area contributed by atoms with Crippen LogP contribution in [0.3, 0.4) is 0 Å². The predicted molar refractivity (Wildman–Crippen MR) is 297 cm³/mol. The van der Waals surface area contributed by atoms with E-state index in [2.05, 4.69) is 148 Å². The van der Waals surface area contributed by atoms with Crippen molar-refractivity contribution >= 4 is 11.9 Å². The Balaban J connectivity index is 3.55. The molecular formula is C63H102O5. The van der Waals surface area contributed by atoms with Crippen LogP contribution in [0.25, 0.3) is 0 Å². The summed E-state index contributed by atoms with van der Waals surface area (Å²) in [6.07, 6.45) is 85.6. The van der Waals surface area contributed by atoms with Gasteiger partial charge >= 0.3 is 11.9 Å². The van der Waals surface area contributed by atoms with E-state index < -0.39 is 6.10 Å². The van der Waals surface area contributed by atoms with Crippen molar-refractivity contribution in [2.75, 3.05) is 13.2 Å². The lowest BCUT2D eigenvalue weighted by Gasteiger charge is -2.15. The van der Waals surface area contributed by atoms with Crippen LogP contribution in [0.1, 0.15) is 232 Å². The first kappa shape index (κ1) is 64.0. The number of aliphatic hydroxyl groups is 1. The number of hydrogen-bond acceptors (Lipinski definition) is 5. The molecule has 0 aliphatic heterocycles. The molecule has 1 unspecified atom stereocenters. The van der Waals surface area contributed by atoms with Gasteiger partial charge < -0.3 is 14.6 Å². The van der Waals surface area contributed by atoms with Gasteiger partial charge in [0.1, 0.15) is 6.61 Å². The molecule has 0 saturated carbocycles. The van der Waals surface area contributed by atoms with Crippen molar-refractivity contribution in [3.8, 4) is 0 Å². The molecule has 0 radical (unpaired) electrons. The van der Waals surface area contributed by atoms with Crippen molar-refractivity contribution in [1.82, 2.24) is 0 Å². The summed E-state index contributed by atoms with van der Waals surface area (Å²) in [4.78, 5) is 24.5. The largest absolute Gasteiger partial charge is 0.462 e. The van der Waals surface area contributed by atoms with Crippen LogP contribution < -0.4 is 0 Å². The summed E-state index contributed by atoms with van der Waals surface area (Å²) in [5, 5.41) is 9.64. The van der Waals surface area contributed by atoms with Crippen LogP contribution in [0.15, 0.2) is 134 Å². The van der Waals surface area contributed by atoms with E-state index in [4.69, 9.17) is 9.47 Å². The zero-order valence-corrected chi connectivity index (χ0v) is 43.8. The average Bonchev–Trinajstić information content (AvgIpc) is 3.34. The molecule has 0 aliphatic rings. The van der Waals surface area contributed by atoms with Crippen molar-refractivity contribution in [2.24, 2.45) is 0 Å². The highest BCUT2D eigenvalue weighted by Gasteiger charge is 2.16. The molecular weight excluding hydrogens is 837 g/mol. The van der Waals surface area contributed by atoms with Gasteiger partial charge in [0.25, 0.3) is 0 Å². The molecule has 1 N–H and O–H groups in total. The van der Waals surface area contributed by atoms with Gasteiger partial charge in [-0.15, -0.1) is 0 Å². The monoisotopic (exact) mass is 939 g/mol. The van der Waals surface area contributed by atoms with Crippen molar-refractivity contribution in [3.05, 3.63) is 134 Å². The van der Waals surface area contributed by atoms with E-state index >= 15 is 0 Å². The maximum atomic E-state index is 12.3. The third-order valence-corrected chi connectivity index (χ3v) is 11.4. The van der Waals surface area contributed by atoms with Crippen LogP contribution in [-0.4, -0.2) is 36.4 Å². The number of carbonyl (C=O) groups is 2. The summed E-state index contributed by atoms with van der Waals surface area (Å²) >= 11 is 0. The number of aliphatic hydroxyl groups excluding tert-OH is 1. The molecule has 0 aromatic rings. The maximum Gasteiger partial charge on any atom is 0.306 e. The molecule has 0 aromatic carbocycles. The van der Waals surface area contributed by atoms with Gasteiger partial charge in [-0.05, 0) is 109 Å². The van der Waals surface area contributed by atoms with Gasteiger partial charge in [0.2, 0.25) is 0 Å². The highest BCUT2D eigenvalue weighted by atomic mass is 16.6. The molecule has 0 saturated heterocycles. The molecule has 1 atom stereocenters. The number of allylic oxidation sites excluding steroid dienone is 22. The molecule has 0 heterocycles. The second-order valence-electron chi connectivity index (χ2n) is 17.9. The summed E-state index contributed by atoms with van der Waals surface area (Å²) in [5.74, 6) is -0.614. The lowest BCUT2D eigenvalue weighted by molar-refractivity contribution is -0.161. The Kier molecular flexibility index (Phi) is 54.0. The zero-order chi connectivity index (χ0) is 49.2. The first-order valence-electron chi connectivity index (χ1n) is 27.7. The van der Waals surface area contributed by atoms with Crippen LogP contribution in [-0.2, 0) is 19.1 Å². The number of unbranched alkanes of at least 4 members (excludes halogenated alkanes) is 19. The van der Waals surface area contributed by atoms with Gasteiger partial charge in [-0.1, -0.05) is 244 Å². The van der Waals surface area contributed by atoms with E-state index in [0.29, 0.717) is 12.8 Å². The number of carbonyl (C=O) groups excluding carboxylic acids is 2. The molecule has 0 aliphatic carbocycles. The second kappa shape index (κ2) is 57.4. The SMILES string of the molecule is CC/C=C\C/C=C\C/C=C\C/C=C\C/C=C\C/C=C\C/C=C\CCCCCCCCCCCCCCCC(=O)OC(CO)COC(=O)CCCCCCCC/C=C\C/C=C\C/C=C\C/C=C\CC. The van der Waals surface area contributed by atoms with E-state index in [1.165, 1.54) is 89.9 Å². The third kappa shape index (κ3) is 54.6. The van der Waals surface area contributed by atoms with E-state index in [0.717, 1.165) is 116 Å². The first-order valence-corrected chi connectivity index (χ1v) is 27.7. The number of hydrogen-bond donors (Lipinski definition) is 1. The highest BCUT2D eigenvalue weighted by Crippen LogP contribution is 2.15. The highest BCUT2D eigenvalue weighted by molar-refractivity contribution is 5.70. The van der Waals surface area contributed by atoms with Gasteiger partial charge in [-0.3, -0.25) is 9.59 Å². The number of esters is 2. The third-order valence-electron chi connectivity index (χ3n) is 11.4. The Labute approximate surface area is 419 Å². The van der Waals surface area contributed by atoms with E-state index in [9.17, 15) is 14.7 Å². The molecule has 0 aromatic heterocycles. The van der Waals surface area contributed by atoms with Crippen molar-refractivity contribution in [2.45, 2.75) is 238 Å². The van der Waals surface area contributed by atoms with E-state index in [-0.39, 0.29) is 25.2 Å². The van der Waals surface area contributed by atoms with Gasteiger partial charge in [-0.2, -0.15) is 0 Å². The summed E-state index contributed by atoms with van der Waals surface area (Å²) in [6.45, 7) is 3.90. The number of rotatable bonds is 49. The normalized spacial score (nSPS) is 13.3. The summed E-state index contributed by atoms with van der Waals surface area (Å²) in [7, 11) is 0. The van der Waals surface area contributed by atoms with Crippen LogP contribution in [0.4, 0.5) is 0 Å². The Bertz CT molecular complexity index is 1430. The molecule has 0 bridgehead atoms. The van der Waals surface area contributed by atoms with Gasteiger partial charge in [0.15, 0.2) is 6.10 Å². The molecule has 0 rings (SSSR count). The van der Waals surface area contributed by atoms with Crippen molar-refractivity contribution in [1.29, 1.82) is 0 Å². The Morgan fingerprint density at radius 2 is 0.588 bits per heavy atom. The lowest BCUT2D eigenvalue weighted by Crippen LogP contribution is -2.28. The second-order valence-corrected chi connectivity index (χ2v) is 17.9. The van der Waals surface area contributed by atoms with E-state index in [1.54, 1.807) is 0 Å². The predicted octanol–water partition coefficient (Wildman–Crippen LogP) is 18.9. The van der Waals surface area contributed by atoms with E-state index in [1.807, 2.05) is 0 Å². The topological polar surface area (TPSA) is 72.8 Å². The summed E-state index contributed by atoms with van der Waals surface area (Å²) < 4.78 is 10.7. The van der Waals surface area contributed by atoms with Crippen LogP contribution in [0.5, 0.6) is 0 Å². The summed E-state index contributed by atoms with van der Waals surface area (Å²) in [5.41, 5.74) is 0. The molecule has 384 valence electrons. The molecule has 68 heavy (non-hydrogen) atoms. The van der Waals surface area contributed by atoms with Crippen molar-refractivity contribution in [3.63, 3.8) is 0 Å². The molecule has 0 amide bonds. The maximum absolute atomic E-state index is 12.3. The summed E-state index contributed by atoms with van der Waals surface area (Å²) in [6, 6.07) is 0. The fraction of sp³-hybridized carbons (Fsp3) is 0.619. The lowest BCUT2D eigenvalue weighted by atomic mass is 10.0. The molecule has 5 nitrogen and oxygen atoms in total. The Hall–Kier alpha value is -3.96. The fourth-order valence-corrected chi connectivity index (χ4v) is 7.35. The quantitative estimate of drug-likeness (QED) is 0.0374. The van der Waals surface area contributed by atoms with Crippen molar-refractivity contribution < 1.29 is 24.2 Å². The Morgan fingerprint density at radius 3 is 0.882 bits per heavy atom. The number of ether oxygens (including phenoxy) is 2. The first-order chi connectivity index (χ1) is 33.6. The van der Waals surface area contributed by atoms with Gasteiger partial charge in [-0.25, -0.2) is 0 Å². The average molecular weight is 940 g/mol. The van der Waals surface area contributed by atoms with Crippen LogP contribution in [0, 0.1) is 0 Å². The van der Waals surface area contributed by atoms with Crippen LogP contribution in [0.2, 0.25) is 0 Å². The molecule has 5 heteroatoms. The van der Waals surface area contributed by atoms with Crippen LogP contribution >= 0.6 is 0 Å². The smallest absolute Gasteiger partial charge is 0.306 e. The Morgan fingerprint density at radius 1 is 0.338 bits per heavy atom. The molecule has 0 spiro atoms. The minimum atomic E-state index is -0.788. The fourth-order valence-electron chi connectivity index (χ4n) is 7.35. The standard InChI is InChI=1S/C63H102O5/c1-3-5-7-9-11-13-15-17-19-21-23-24-25-26-27-28-29-30-31-32-33-34-35-36-37-38-40-42-44-46-48-50-52-54-56-58-63(66)68-61(59-64)60-67-62(65)57-55-53-51-49-47-45-43-41-39-22-20-18-16-14-12-10-8-6-4-2/h5-8,11-14,17-20,23-24,26-27,29-30,32-33,39,41,61,64H,3-4,9-10,15-16,21-22,25,28,31,34-38,40,42-60H2,1-2H3/b7-5-,8-6-,13-11-,14-12-,19-17-,20-18-,24-23-,27-26-,30-29-,33-32-,41-39-. The molecule has 0 fully saturated rings. The zero-order valence-electron chi connectivity index (χ0n) is 43.8.